The molecule has 1 saturated carbocycles. The molecule has 1 heterocycles. The monoisotopic (exact) mass is 462 g/mol. The van der Waals surface area contributed by atoms with Crippen LogP contribution in [-0.4, -0.2) is 37.2 Å². The predicted molar refractivity (Wildman–Crippen MR) is 132 cm³/mol. The average molecular weight is 463 g/mol. The second-order valence-electron chi connectivity index (χ2n) is 9.33. The fourth-order valence-corrected chi connectivity index (χ4v) is 6.98. The Labute approximate surface area is 195 Å². The van der Waals surface area contributed by atoms with Crippen molar-refractivity contribution in [3.8, 4) is 0 Å². The van der Waals surface area contributed by atoms with Gasteiger partial charge in [-0.05, 0) is 48.8 Å². The summed E-state index contributed by atoms with van der Waals surface area (Å²) in [6.07, 6.45) is 6.01. The molecular formula is C27H30N2O3S. The molecular weight excluding hydrogens is 432 g/mol. The Hall–Kier alpha value is -2.86. The molecule has 2 aliphatic rings. The van der Waals surface area contributed by atoms with E-state index in [4.69, 9.17) is 0 Å². The van der Waals surface area contributed by atoms with Crippen molar-refractivity contribution < 1.29 is 13.2 Å². The van der Waals surface area contributed by atoms with Gasteiger partial charge in [0.2, 0.25) is 5.91 Å². The summed E-state index contributed by atoms with van der Waals surface area (Å²) in [5, 5.41) is 5.89. The van der Waals surface area contributed by atoms with Gasteiger partial charge in [-0.1, -0.05) is 73.9 Å². The molecule has 6 heteroatoms. The summed E-state index contributed by atoms with van der Waals surface area (Å²) in [7, 11) is -3.59. The quantitative estimate of drug-likeness (QED) is 0.544. The van der Waals surface area contributed by atoms with Crippen molar-refractivity contribution in [3.05, 3.63) is 72.8 Å². The number of nitrogens with one attached hydrogen (secondary N) is 1. The molecule has 1 amide bonds. The van der Waals surface area contributed by atoms with Crippen molar-refractivity contribution in [3.63, 3.8) is 0 Å². The highest BCUT2D eigenvalue weighted by Gasteiger charge is 2.52. The lowest BCUT2D eigenvalue weighted by atomic mass is 9.73. The summed E-state index contributed by atoms with van der Waals surface area (Å²) >= 11 is 0. The topological polar surface area (TPSA) is 66.5 Å². The summed E-state index contributed by atoms with van der Waals surface area (Å²) < 4.78 is 26.1. The number of fused-ring (bicyclic) bond motifs is 1. The molecule has 5 nitrogen and oxygen atoms in total. The standard InChI is InChI=1S/C27H30N2O3S/c30-26-27(22-12-3-1-4-13-22,28-25-17-9-11-21-10-7-8-16-24(21)25)18-19-29(26)20-33(31,32)23-14-5-2-6-15-23/h2,5-11,14-17,22,28H,1,3-4,12-13,18-20H2. The number of hydrogen-bond donors (Lipinski definition) is 1. The number of carbonyl (C=O) groups excluding carboxylic acids is 1. The van der Waals surface area contributed by atoms with Crippen molar-refractivity contribution in [1.82, 2.24) is 4.90 Å². The first-order valence-electron chi connectivity index (χ1n) is 11.8. The maximum atomic E-state index is 14.0. The highest BCUT2D eigenvalue weighted by atomic mass is 32.2. The van der Waals surface area contributed by atoms with Gasteiger partial charge < -0.3 is 10.2 Å². The van der Waals surface area contributed by atoms with Gasteiger partial charge in [-0.3, -0.25) is 4.79 Å². The van der Waals surface area contributed by atoms with E-state index in [-0.39, 0.29) is 22.6 Å². The Bertz CT molecular complexity index is 1250. The van der Waals surface area contributed by atoms with Gasteiger partial charge in [0.15, 0.2) is 9.84 Å². The van der Waals surface area contributed by atoms with E-state index in [0.29, 0.717) is 13.0 Å². The number of rotatable bonds is 6. The van der Waals surface area contributed by atoms with Gasteiger partial charge >= 0.3 is 0 Å². The summed E-state index contributed by atoms with van der Waals surface area (Å²) in [6, 6.07) is 22.7. The normalized spacial score (nSPS) is 22.1. The van der Waals surface area contributed by atoms with Gasteiger partial charge in [0.05, 0.1) is 4.90 Å². The van der Waals surface area contributed by atoms with Crippen molar-refractivity contribution in [1.29, 1.82) is 0 Å². The molecule has 0 spiro atoms. The molecule has 0 radical (unpaired) electrons. The molecule has 0 bridgehead atoms. The van der Waals surface area contributed by atoms with Crippen LogP contribution in [0, 0.1) is 5.92 Å². The lowest BCUT2D eigenvalue weighted by Gasteiger charge is -2.40. The van der Waals surface area contributed by atoms with Crippen LogP contribution in [0.4, 0.5) is 5.69 Å². The molecule has 1 aliphatic carbocycles. The second kappa shape index (κ2) is 8.82. The summed E-state index contributed by atoms with van der Waals surface area (Å²) in [5.74, 6) is -0.161. The maximum absolute atomic E-state index is 14.0. The van der Waals surface area contributed by atoms with Crippen LogP contribution < -0.4 is 5.32 Å². The first kappa shape index (κ1) is 22.0. The number of amides is 1. The third-order valence-electron chi connectivity index (χ3n) is 7.32. The molecule has 33 heavy (non-hydrogen) atoms. The minimum Gasteiger partial charge on any atom is -0.370 e. The zero-order chi connectivity index (χ0) is 22.9. The molecule has 1 unspecified atom stereocenters. The molecule has 5 rings (SSSR count). The van der Waals surface area contributed by atoms with Crippen molar-refractivity contribution >= 4 is 32.2 Å². The molecule has 1 atom stereocenters. The van der Waals surface area contributed by atoms with Crippen LogP contribution in [0.15, 0.2) is 77.7 Å². The lowest BCUT2D eigenvalue weighted by Crippen LogP contribution is -2.53. The molecule has 1 aliphatic heterocycles. The highest BCUT2D eigenvalue weighted by Crippen LogP contribution is 2.43. The number of carbonyl (C=O) groups is 1. The fourth-order valence-electron chi connectivity index (χ4n) is 5.60. The van der Waals surface area contributed by atoms with E-state index in [2.05, 4.69) is 23.5 Å². The summed E-state index contributed by atoms with van der Waals surface area (Å²) in [6.45, 7) is 0.444. The molecule has 0 aromatic heterocycles. The lowest BCUT2D eigenvalue weighted by molar-refractivity contribution is -0.132. The minimum atomic E-state index is -3.59. The molecule has 172 valence electrons. The number of nitrogens with zero attached hydrogens (tertiary/aromatic N) is 1. The second-order valence-corrected chi connectivity index (χ2v) is 11.3. The van der Waals surface area contributed by atoms with Crippen LogP contribution in [0.25, 0.3) is 10.8 Å². The highest BCUT2D eigenvalue weighted by molar-refractivity contribution is 7.91. The van der Waals surface area contributed by atoms with E-state index in [9.17, 15) is 13.2 Å². The van der Waals surface area contributed by atoms with Gasteiger partial charge in [0.1, 0.15) is 11.4 Å². The van der Waals surface area contributed by atoms with Crippen LogP contribution in [0.3, 0.4) is 0 Å². The third-order valence-corrected chi connectivity index (χ3v) is 8.96. The number of likely N-dealkylation sites (tertiary alicyclic amines) is 1. The predicted octanol–water partition coefficient (Wildman–Crippen LogP) is 5.23. The zero-order valence-electron chi connectivity index (χ0n) is 18.7. The third kappa shape index (κ3) is 4.12. The van der Waals surface area contributed by atoms with E-state index < -0.39 is 15.4 Å². The van der Waals surface area contributed by atoms with Gasteiger partial charge in [-0.2, -0.15) is 0 Å². The van der Waals surface area contributed by atoms with Crippen molar-refractivity contribution in [2.24, 2.45) is 5.92 Å². The Morgan fingerprint density at radius 3 is 2.36 bits per heavy atom. The largest absolute Gasteiger partial charge is 0.370 e. The fraction of sp³-hybridized carbons (Fsp3) is 0.370. The Morgan fingerprint density at radius 1 is 0.879 bits per heavy atom. The first-order valence-corrected chi connectivity index (χ1v) is 13.5. The average Bonchev–Trinajstić information content (AvgIpc) is 3.16. The summed E-state index contributed by atoms with van der Waals surface area (Å²) in [5.41, 5.74) is 0.177. The molecule has 1 N–H and O–H groups in total. The van der Waals surface area contributed by atoms with E-state index in [1.807, 2.05) is 24.3 Å². The van der Waals surface area contributed by atoms with Crippen molar-refractivity contribution in [2.45, 2.75) is 49.0 Å². The van der Waals surface area contributed by atoms with E-state index >= 15 is 0 Å². The summed E-state index contributed by atoms with van der Waals surface area (Å²) in [4.78, 5) is 15.8. The first-order chi connectivity index (χ1) is 16.0. The van der Waals surface area contributed by atoms with Crippen LogP contribution in [0.2, 0.25) is 0 Å². The van der Waals surface area contributed by atoms with Gasteiger partial charge in [-0.15, -0.1) is 0 Å². The van der Waals surface area contributed by atoms with Crippen LogP contribution in [-0.2, 0) is 14.6 Å². The van der Waals surface area contributed by atoms with Gasteiger partial charge in [0, 0.05) is 17.6 Å². The zero-order valence-corrected chi connectivity index (χ0v) is 19.6. The Morgan fingerprint density at radius 2 is 1.58 bits per heavy atom. The SMILES string of the molecule is O=C1N(CS(=O)(=O)c2ccccc2)CCC1(Nc1cccc2ccccc12)C1CCCCC1. The Kier molecular flexibility index (Phi) is 5.87. The number of anilines is 1. The van der Waals surface area contributed by atoms with Crippen LogP contribution >= 0.6 is 0 Å². The van der Waals surface area contributed by atoms with E-state index in [1.165, 1.54) is 6.42 Å². The van der Waals surface area contributed by atoms with Crippen LogP contribution in [0.5, 0.6) is 0 Å². The van der Waals surface area contributed by atoms with Gasteiger partial charge in [-0.25, -0.2) is 8.42 Å². The molecule has 3 aromatic carbocycles. The molecule has 3 aromatic rings. The number of hydrogen-bond acceptors (Lipinski definition) is 4. The van der Waals surface area contributed by atoms with E-state index in [0.717, 1.165) is 42.1 Å². The van der Waals surface area contributed by atoms with Crippen LogP contribution in [0.1, 0.15) is 38.5 Å². The molecule has 1 saturated heterocycles. The van der Waals surface area contributed by atoms with Gasteiger partial charge in [0.25, 0.3) is 0 Å². The smallest absolute Gasteiger partial charge is 0.249 e. The maximum Gasteiger partial charge on any atom is 0.249 e. The Balaban J connectivity index is 1.49. The minimum absolute atomic E-state index is 0.0816. The molecule has 2 fully saturated rings. The van der Waals surface area contributed by atoms with Crippen molar-refractivity contribution in [2.75, 3.05) is 17.7 Å². The van der Waals surface area contributed by atoms with E-state index in [1.54, 1.807) is 35.2 Å². The number of sulfone groups is 1. The number of benzene rings is 3.